The molecule has 0 unspecified atom stereocenters. The Kier molecular flexibility index (Phi) is 8.18. The highest BCUT2D eigenvalue weighted by atomic mass is 16.3. The minimum Gasteiger partial charge on any atom is -0.456 e. The van der Waals surface area contributed by atoms with Crippen molar-refractivity contribution in [1.29, 1.82) is 0 Å². The molecular formula is C60H37NO3. The monoisotopic (exact) mass is 819 g/mol. The summed E-state index contributed by atoms with van der Waals surface area (Å²) in [5.74, 6) is 0. The number of anilines is 3. The second-order valence-electron chi connectivity index (χ2n) is 16.4. The normalized spacial score (nSPS) is 11.8. The average molecular weight is 820 g/mol. The molecule has 0 radical (unpaired) electrons. The van der Waals surface area contributed by atoms with E-state index in [9.17, 15) is 0 Å². The maximum atomic E-state index is 7.00. The average Bonchev–Trinajstić information content (AvgIpc) is 4.07. The maximum Gasteiger partial charge on any atom is 0.160 e. The second kappa shape index (κ2) is 14.5. The summed E-state index contributed by atoms with van der Waals surface area (Å²) in [5.41, 5.74) is 16.8. The molecule has 0 spiro atoms. The van der Waals surface area contributed by atoms with Crippen molar-refractivity contribution < 1.29 is 13.3 Å². The minimum absolute atomic E-state index is 0.793. The Bertz CT molecular complexity index is 3790. The summed E-state index contributed by atoms with van der Waals surface area (Å²) in [7, 11) is 0. The first-order valence-electron chi connectivity index (χ1n) is 21.7. The summed E-state index contributed by atoms with van der Waals surface area (Å²) < 4.78 is 20.3. The molecule has 0 N–H and O–H groups in total. The van der Waals surface area contributed by atoms with Gasteiger partial charge in [-0.3, -0.25) is 0 Å². The summed E-state index contributed by atoms with van der Waals surface area (Å²) in [6.07, 6.45) is 0. The lowest BCUT2D eigenvalue weighted by Gasteiger charge is -2.26. The van der Waals surface area contributed by atoms with E-state index in [0.717, 1.165) is 116 Å². The molecule has 300 valence electrons. The SMILES string of the molecule is c1ccc(-c2ccc(N(c3ccc(-c4ccccc4)cc3)c3ccc(-c4ccc(-c5ccc6c(c5)oc5ccccc56)c5c4oc4ccccc45)c4c3oc3ccccc34)cc2)cc1. The molecule has 3 aromatic heterocycles. The van der Waals surface area contributed by atoms with Crippen molar-refractivity contribution in [2.75, 3.05) is 4.90 Å². The van der Waals surface area contributed by atoms with Crippen LogP contribution in [0.15, 0.2) is 238 Å². The highest BCUT2D eigenvalue weighted by Gasteiger charge is 2.25. The van der Waals surface area contributed by atoms with Gasteiger partial charge in [-0.15, -0.1) is 0 Å². The summed E-state index contributed by atoms with van der Waals surface area (Å²) >= 11 is 0. The van der Waals surface area contributed by atoms with Gasteiger partial charge in [-0.2, -0.15) is 0 Å². The molecule has 0 saturated carbocycles. The quantitative estimate of drug-likeness (QED) is 0.161. The molecule has 0 atom stereocenters. The van der Waals surface area contributed by atoms with Crippen LogP contribution >= 0.6 is 0 Å². The lowest BCUT2D eigenvalue weighted by Crippen LogP contribution is -2.10. The van der Waals surface area contributed by atoms with E-state index in [4.69, 9.17) is 13.3 Å². The first kappa shape index (κ1) is 36.1. The summed E-state index contributed by atoms with van der Waals surface area (Å²) in [4.78, 5) is 2.31. The van der Waals surface area contributed by atoms with Crippen molar-refractivity contribution in [2.45, 2.75) is 0 Å². The van der Waals surface area contributed by atoms with Crippen molar-refractivity contribution in [3.63, 3.8) is 0 Å². The van der Waals surface area contributed by atoms with E-state index in [2.05, 4.69) is 205 Å². The molecule has 0 aliphatic heterocycles. The maximum absolute atomic E-state index is 7.00. The van der Waals surface area contributed by atoms with Crippen LogP contribution in [0.1, 0.15) is 0 Å². The van der Waals surface area contributed by atoms with E-state index >= 15 is 0 Å². The lowest BCUT2D eigenvalue weighted by molar-refractivity contribution is 0.668. The fourth-order valence-corrected chi connectivity index (χ4v) is 9.68. The van der Waals surface area contributed by atoms with Crippen molar-refractivity contribution in [3.05, 3.63) is 224 Å². The molecule has 0 aliphatic rings. The highest BCUT2D eigenvalue weighted by molar-refractivity contribution is 6.22. The van der Waals surface area contributed by atoms with E-state index < -0.39 is 0 Å². The molecule has 13 aromatic rings. The van der Waals surface area contributed by atoms with E-state index in [1.165, 1.54) is 11.1 Å². The third-order valence-corrected chi connectivity index (χ3v) is 12.7. The molecule has 4 heteroatoms. The van der Waals surface area contributed by atoms with Gasteiger partial charge in [-0.25, -0.2) is 0 Å². The fourth-order valence-electron chi connectivity index (χ4n) is 9.68. The molecule has 64 heavy (non-hydrogen) atoms. The molecule has 13 rings (SSSR count). The van der Waals surface area contributed by atoms with Crippen LogP contribution in [-0.2, 0) is 0 Å². The van der Waals surface area contributed by atoms with Gasteiger partial charge in [0.15, 0.2) is 5.58 Å². The molecule has 0 amide bonds. The standard InChI is InChI=1S/C60H37NO3/c1-3-13-38(14-4-1)40-23-28-43(29-24-40)61(44-30-25-41(26-31-44)39-15-5-2-6-16-39)52-36-35-48(58-51-19-9-12-22-55(51)64-60(52)58)49-34-33-45(57-50-18-8-11-21-54(50)63-59(49)57)42-27-32-47-46-17-7-10-20-53(46)62-56(47)37-42/h1-37H. The number of nitrogens with zero attached hydrogens (tertiary/aromatic N) is 1. The number of rotatable bonds is 7. The van der Waals surface area contributed by atoms with Gasteiger partial charge in [-0.1, -0.05) is 158 Å². The smallest absolute Gasteiger partial charge is 0.160 e. The van der Waals surface area contributed by atoms with Crippen molar-refractivity contribution in [3.8, 4) is 44.5 Å². The molecule has 0 fully saturated rings. The molecule has 10 aromatic carbocycles. The fraction of sp³-hybridized carbons (Fsp3) is 0. The Morgan fingerprint density at radius 2 is 0.703 bits per heavy atom. The van der Waals surface area contributed by atoms with E-state index in [1.54, 1.807) is 0 Å². The second-order valence-corrected chi connectivity index (χ2v) is 16.4. The number of benzene rings is 10. The van der Waals surface area contributed by atoms with Crippen LogP contribution < -0.4 is 4.90 Å². The Hall–Kier alpha value is -8.60. The zero-order valence-electron chi connectivity index (χ0n) is 34.5. The van der Waals surface area contributed by atoms with Crippen LogP contribution in [0.25, 0.3) is 110 Å². The number of para-hydroxylation sites is 3. The van der Waals surface area contributed by atoms with Gasteiger partial charge in [0.2, 0.25) is 0 Å². The van der Waals surface area contributed by atoms with Gasteiger partial charge in [0.1, 0.15) is 27.9 Å². The third-order valence-electron chi connectivity index (χ3n) is 12.7. The summed E-state index contributed by atoms with van der Waals surface area (Å²) in [6.45, 7) is 0. The number of hydrogen-bond acceptors (Lipinski definition) is 4. The van der Waals surface area contributed by atoms with Crippen LogP contribution in [0.5, 0.6) is 0 Å². The molecular weight excluding hydrogens is 783 g/mol. The Balaban J connectivity index is 1.02. The molecule has 0 aliphatic carbocycles. The number of fused-ring (bicyclic) bond motifs is 9. The topological polar surface area (TPSA) is 42.7 Å². The largest absolute Gasteiger partial charge is 0.456 e. The van der Waals surface area contributed by atoms with Gasteiger partial charge in [0.05, 0.1) is 5.69 Å². The summed E-state index contributed by atoms with van der Waals surface area (Å²) in [5, 5.41) is 6.41. The van der Waals surface area contributed by atoms with Gasteiger partial charge in [-0.05, 0) is 106 Å². The van der Waals surface area contributed by atoms with Crippen LogP contribution in [0.4, 0.5) is 17.1 Å². The van der Waals surface area contributed by atoms with Gasteiger partial charge in [0, 0.05) is 49.3 Å². The Morgan fingerprint density at radius 1 is 0.266 bits per heavy atom. The van der Waals surface area contributed by atoms with Crippen LogP contribution in [0.2, 0.25) is 0 Å². The zero-order chi connectivity index (χ0) is 42.1. The van der Waals surface area contributed by atoms with Crippen molar-refractivity contribution in [1.82, 2.24) is 0 Å². The van der Waals surface area contributed by atoms with Crippen LogP contribution in [0.3, 0.4) is 0 Å². The zero-order valence-corrected chi connectivity index (χ0v) is 34.5. The molecule has 4 nitrogen and oxygen atoms in total. The van der Waals surface area contributed by atoms with Crippen LogP contribution in [0, 0.1) is 0 Å². The highest BCUT2D eigenvalue weighted by Crippen LogP contribution is 2.49. The predicted molar refractivity (Wildman–Crippen MR) is 265 cm³/mol. The summed E-state index contributed by atoms with van der Waals surface area (Å²) in [6, 6.07) is 79.0. The predicted octanol–water partition coefficient (Wildman–Crippen LogP) is 17.5. The molecule has 0 saturated heterocycles. The van der Waals surface area contributed by atoms with Gasteiger partial charge in [0.25, 0.3) is 0 Å². The van der Waals surface area contributed by atoms with Crippen LogP contribution in [-0.4, -0.2) is 0 Å². The van der Waals surface area contributed by atoms with Gasteiger partial charge < -0.3 is 18.2 Å². The van der Waals surface area contributed by atoms with Crippen molar-refractivity contribution in [2.24, 2.45) is 0 Å². The number of hydrogen-bond donors (Lipinski definition) is 0. The Labute approximate surface area is 368 Å². The molecule has 0 bridgehead atoms. The first-order chi connectivity index (χ1) is 31.7. The minimum atomic E-state index is 0.793. The van der Waals surface area contributed by atoms with Gasteiger partial charge >= 0.3 is 0 Å². The third kappa shape index (κ3) is 5.77. The number of furan rings is 3. The Morgan fingerprint density at radius 3 is 1.31 bits per heavy atom. The van der Waals surface area contributed by atoms with Crippen molar-refractivity contribution >= 4 is 82.9 Å². The molecule has 3 heterocycles. The van der Waals surface area contributed by atoms with E-state index in [1.807, 2.05) is 24.3 Å². The lowest BCUT2D eigenvalue weighted by atomic mass is 9.92. The first-order valence-corrected chi connectivity index (χ1v) is 21.7. The van der Waals surface area contributed by atoms with E-state index in [-0.39, 0.29) is 0 Å². The van der Waals surface area contributed by atoms with E-state index in [0.29, 0.717) is 0 Å².